The third kappa shape index (κ3) is 4.65. The van der Waals surface area contributed by atoms with Gasteiger partial charge in [-0.2, -0.15) is 0 Å². The van der Waals surface area contributed by atoms with Crippen molar-refractivity contribution in [2.45, 2.75) is 38.2 Å². The van der Waals surface area contributed by atoms with Gasteiger partial charge in [0, 0.05) is 12.3 Å². The van der Waals surface area contributed by atoms with Crippen LogP contribution in [0.1, 0.15) is 31.2 Å². The number of nitrogens with one attached hydrogen (secondary N) is 1. The molecule has 1 amide bonds. The van der Waals surface area contributed by atoms with Gasteiger partial charge in [0.1, 0.15) is 0 Å². The molecule has 0 spiro atoms. The van der Waals surface area contributed by atoms with Crippen LogP contribution in [0.15, 0.2) is 24.3 Å². The lowest BCUT2D eigenvalue weighted by Crippen LogP contribution is -2.25. The third-order valence-electron chi connectivity index (χ3n) is 3.36. The predicted octanol–water partition coefficient (Wildman–Crippen LogP) is 2.09. The zero-order chi connectivity index (χ0) is 13.5. The third-order valence-corrected chi connectivity index (χ3v) is 3.36. The van der Waals surface area contributed by atoms with E-state index in [0.29, 0.717) is 13.0 Å². The van der Waals surface area contributed by atoms with Crippen LogP contribution in [0.4, 0.5) is 5.69 Å². The van der Waals surface area contributed by atoms with Crippen LogP contribution in [0, 0.1) is 0 Å². The Balaban J connectivity index is 1.80. The Bertz CT molecular complexity index is 397. The van der Waals surface area contributed by atoms with Crippen LogP contribution in [0.3, 0.4) is 0 Å². The highest BCUT2D eigenvalue weighted by molar-refractivity contribution is 5.91. The van der Waals surface area contributed by atoms with E-state index in [1.54, 1.807) is 0 Å². The number of carbonyl (C=O) groups is 1. The second kappa shape index (κ2) is 7.26. The lowest BCUT2D eigenvalue weighted by molar-refractivity contribution is -0.119. The fourth-order valence-electron chi connectivity index (χ4n) is 2.31. The topological polar surface area (TPSA) is 64.3 Å². The summed E-state index contributed by atoms with van der Waals surface area (Å²) in [4.78, 5) is 11.9. The van der Waals surface area contributed by atoms with Crippen LogP contribution in [0.5, 0.6) is 0 Å². The largest absolute Gasteiger partial charge is 0.378 e. The first kappa shape index (κ1) is 14.0. The van der Waals surface area contributed by atoms with Crippen molar-refractivity contribution in [1.82, 2.24) is 0 Å². The summed E-state index contributed by atoms with van der Waals surface area (Å²) in [6, 6.07) is 7.84. The first-order valence-electron chi connectivity index (χ1n) is 6.98. The predicted molar refractivity (Wildman–Crippen MR) is 76.0 cm³/mol. The standard InChI is InChI=1S/C15H22N2O2/c16-9-8-12-4-6-13(7-5-12)17-15(18)11-14-3-1-2-10-19-14/h4-7,14H,1-3,8-11,16H2,(H,17,18). The molecule has 1 fully saturated rings. The van der Waals surface area contributed by atoms with E-state index in [0.717, 1.165) is 38.0 Å². The SMILES string of the molecule is NCCc1ccc(NC(=O)CC2CCCCO2)cc1. The average molecular weight is 262 g/mol. The lowest BCUT2D eigenvalue weighted by Gasteiger charge is -2.21. The van der Waals surface area contributed by atoms with Gasteiger partial charge < -0.3 is 15.8 Å². The summed E-state index contributed by atoms with van der Waals surface area (Å²) >= 11 is 0. The van der Waals surface area contributed by atoms with E-state index in [-0.39, 0.29) is 12.0 Å². The zero-order valence-electron chi connectivity index (χ0n) is 11.2. The van der Waals surface area contributed by atoms with E-state index < -0.39 is 0 Å². The number of benzene rings is 1. The Kier molecular flexibility index (Phi) is 5.36. The minimum atomic E-state index is 0.0264. The molecular weight excluding hydrogens is 240 g/mol. The van der Waals surface area contributed by atoms with Crippen molar-refractivity contribution in [3.8, 4) is 0 Å². The summed E-state index contributed by atoms with van der Waals surface area (Å²) in [5, 5.41) is 2.91. The summed E-state index contributed by atoms with van der Waals surface area (Å²) in [5.41, 5.74) is 7.53. The molecule has 3 N–H and O–H groups in total. The maximum absolute atomic E-state index is 11.9. The monoisotopic (exact) mass is 262 g/mol. The Morgan fingerprint density at radius 2 is 2.11 bits per heavy atom. The second-order valence-electron chi connectivity index (χ2n) is 4.98. The van der Waals surface area contributed by atoms with Gasteiger partial charge in [-0.05, 0) is 49.9 Å². The molecule has 0 radical (unpaired) electrons. The van der Waals surface area contributed by atoms with Crippen LogP contribution < -0.4 is 11.1 Å². The second-order valence-corrected chi connectivity index (χ2v) is 4.98. The molecule has 0 bridgehead atoms. The van der Waals surface area contributed by atoms with Gasteiger partial charge in [0.2, 0.25) is 5.91 Å². The molecule has 1 heterocycles. The van der Waals surface area contributed by atoms with Crippen molar-refractivity contribution in [3.05, 3.63) is 29.8 Å². The Labute approximate surface area is 114 Å². The van der Waals surface area contributed by atoms with Crippen molar-refractivity contribution in [1.29, 1.82) is 0 Å². The Hall–Kier alpha value is -1.39. The molecule has 1 saturated heterocycles. The van der Waals surface area contributed by atoms with Crippen LogP contribution in [-0.2, 0) is 16.0 Å². The van der Waals surface area contributed by atoms with Gasteiger partial charge in [-0.3, -0.25) is 4.79 Å². The van der Waals surface area contributed by atoms with Crippen molar-refractivity contribution in [3.63, 3.8) is 0 Å². The van der Waals surface area contributed by atoms with Gasteiger partial charge in [-0.1, -0.05) is 12.1 Å². The zero-order valence-corrected chi connectivity index (χ0v) is 11.2. The molecule has 4 nitrogen and oxygen atoms in total. The molecule has 104 valence electrons. The van der Waals surface area contributed by atoms with E-state index in [1.807, 2.05) is 24.3 Å². The maximum Gasteiger partial charge on any atom is 0.226 e. The van der Waals surface area contributed by atoms with Crippen LogP contribution in [0.2, 0.25) is 0 Å². The van der Waals surface area contributed by atoms with Crippen LogP contribution in [-0.4, -0.2) is 25.2 Å². The number of ether oxygens (including phenoxy) is 1. The quantitative estimate of drug-likeness (QED) is 0.854. The van der Waals surface area contributed by atoms with Gasteiger partial charge in [0.25, 0.3) is 0 Å². The lowest BCUT2D eigenvalue weighted by atomic mass is 10.1. The number of anilines is 1. The van der Waals surface area contributed by atoms with E-state index >= 15 is 0 Å². The first-order chi connectivity index (χ1) is 9.28. The Morgan fingerprint density at radius 3 is 2.74 bits per heavy atom. The molecule has 0 saturated carbocycles. The highest BCUT2D eigenvalue weighted by atomic mass is 16.5. The van der Waals surface area contributed by atoms with E-state index in [4.69, 9.17) is 10.5 Å². The van der Waals surface area contributed by atoms with Crippen molar-refractivity contribution >= 4 is 11.6 Å². The van der Waals surface area contributed by atoms with Gasteiger partial charge in [0.05, 0.1) is 12.5 Å². The molecule has 4 heteroatoms. The number of amides is 1. The number of carbonyl (C=O) groups excluding carboxylic acids is 1. The van der Waals surface area contributed by atoms with Crippen molar-refractivity contribution in [2.75, 3.05) is 18.5 Å². The van der Waals surface area contributed by atoms with E-state index in [2.05, 4.69) is 5.32 Å². The highest BCUT2D eigenvalue weighted by Gasteiger charge is 2.17. The number of nitrogens with two attached hydrogens (primary N) is 1. The molecule has 1 aromatic carbocycles. The smallest absolute Gasteiger partial charge is 0.226 e. The molecule has 0 aliphatic carbocycles. The highest BCUT2D eigenvalue weighted by Crippen LogP contribution is 2.17. The molecule has 2 rings (SSSR count). The van der Waals surface area contributed by atoms with Gasteiger partial charge in [0.15, 0.2) is 0 Å². The van der Waals surface area contributed by atoms with Gasteiger partial charge >= 0.3 is 0 Å². The van der Waals surface area contributed by atoms with Gasteiger partial charge in [-0.15, -0.1) is 0 Å². The number of rotatable bonds is 5. The molecule has 19 heavy (non-hydrogen) atoms. The molecule has 1 unspecified atom stereocenters. The van der Waals surface area contributed by atoms with Crippen LogP contribution >= 0.6 is 0 Å². The molecule has 1 aliphatic rings. The van der Waals surface area contributed by atoms with E-state index in [1.165, 1.54) is 5.56 Å². The molecule has 1 atom stereocenters. The number of hydrogen-bond donors (Lipinski definition) is 2. The first-order valence-corrected chi connectivity index (χ1v) is 6.98. The molecule has 1 aromatic rings. The maximum atomic E-state index is 11.9. The summed E-state index contributed by atoms with van der Waals surface area (Å²) in [5.74, 6) is 0.0264. The van der Waals surface area contributed by atoms with Crippen LogP contribution in [0.25, 0.3) is 0 Å². The fraction of sp³-hybridized carbons (Fsp3) is 0.533. The summed E-state index contributed by atoms with van der Waals surface area (Å²) in [7, 11) is 0. The van der Waals surface area contributed by atoms with Crippen molar-refractivity contribution in [2.24, 2.45) is 5.73 Å². The summed E-state index contributed by atoms with van der Waals surface area (Å²) in [6.07, 6.45) is 4.66. The normalized spacial score (nSPS) is 19.1. The minimum absolute atomic E-state index is 0.0264. The molecule has 1 aliphatic heterocycles. The summed E-state index contributed by atoms with van der Waals surface area (Å²) < 4.78 is 5.56. The van der Waals surface area contributed by atoms with E-state index in [9.17, 15) is 4.79 Å². The van der Waals surface area contributed by atoms with Gasteiger partial charge in [-0.25, -0.2) is 0 Å². The molecular formula is C15H22N2O2. The average Bonchev–Trinajstić information content (AvgIpc) is 2.42. The minimum Gasteiger partial charge on any atom is -0.378 e. The number of hydrogen-bond acceptors (Lipinski definition) is 3. The molecule has 0 aromatic heterocycles. The Morgan fingerprint density at radius 1 is 1.32 bits per heavy atom. The fourth-order valence-corrected chi connectivity index (χ4v) is 2.31. The summed E-state index contributed by atoms with van der Waals surface area (Å²) in [6.45, 7) is 1.43. The van der Waals surface area contributed by atoms with Crippen molar-refractivity contribution < 1.29 is 9.53 Å².